The van der Waals surface area contributed by atoms with Crippen molar-refractivity contribution in [2.45, 2.75) is 6.42 Å². The second kappa shape index (κ2) is 1.12. The standard InChI is InChI=1S/C4H4OS/c1-3-2-4(5)6-3/h1-2H2. The summed E-state index contributed by atoms with van der Waals surface area (Å²) in [5.41, 5.74) is 0. The van der Waals surface area contributed by atoms with E-state index in [4.69, 9.17) is 0 Å². The van der Waals surface area contributed by atoms with Crippen LogP contribution in [0.15, 0.2) is 11.5 Å². The number of allylic oxidation sites excluding steroid dienone is 1. The number of thioether (sulfide) groups is 1. The Kier molecular flexibility index (Phi) is 0.733. The molecule has 0 radical (unpaired) electrons. The molecule has 1 heterocycles. The van der Waals surface area contributed by atoms with E-state index in [1.807, 2.05) is 0 Å². The Morgan fingerprint density at radius 1 is 1.83 bits per heavy atom. The van der Waals surface area contributed by atoms with Crippen LogP contribution in [0.25, 0.3) is 0 Å². The molecule has 1 aliphatic rings. The summed E-state index contributed by atoms with van der Waals surface area (Å²) in [5, 5.41) is 0.250. The van der Waals surface area contributed by atoms with Crippen LogP contribution in [0.5, 0.6) is 0 Å². The van der Waals surface area contributed by atoms with E-state index >= 15 is 0 Å². The van der Waals surface area contributed by atoms with Gasteiger partial charge in [0.15, 0.2) is 5.12 Å². The van der Waals surface area contributed by atoms with Crippen LogP contribution in [0, 0.1) is 0 Å². The fraction of sp³-hybridized carbons (Fsp3) is 0.250. The Hall–Kier alpha value is -0.240. The predicted octanol–water partition coefficient (Wildman–Crippen LogP) is 1.16. The molecule has 32 valence electrons. The molecule has 0 N–H and O–H groups in total. The van der Waals surface area contributed by atoms with E-state index in [2.05, 4.69) is 6.58 Å². The van der Waals surface area contributed by atoms with E-state index in [0.717, 1.165) is 4.91 Å². The number of carbonyl (C=O) groups is 1. The second-order valence-corrected chi connectivity index (χ2v) is 2.43. The molecule has 0 unspecified atom stereocenters. The van der Waals surface area contributed by atoms with Crippen molar-refractivity contribution in [3.8, 4) is 0 Å². The third-order valence-electron chi connectivity index (χ3n) is 0.600. The summed E-state index contributed by atoms with van der Waals surface area (Å²) < 4.78 is 0. The van der Waals surface area contributed by atoms with Crippen molar-refractivity contribution in [1.82, 2.24) is 0 Å². The van der Waals surface area contributed by atoms with Crippen molar-refractivity contribution in [2.24, 2.45) is 0 Å². The summed E-state index contributed by atoms with van der Waals surface area (Å²) in [6, 6.07) is 0. The highest BCUT2D eigenvalue weighted by atomic mass is 32.2. The fourth-order valence-electron chi connectivity index (χ4n) is 0.314. The predicted molar refractivity (Wildman–Crippen MR) is 26.4 cm³/mol. The fourth-order valence-corrected chi connectivity index (χ4v) is 0.839. The summed E-state index contributed by atoms with van der Waals surface area (Å²) in [5.74, 6) is 0. The van der Waals surface area contributed by atoms with Crippen LogP contribution in [0.4, 0.5) is 0 Å². The number of hydrogen-bond donors (Lipinski definition) is 0. The molecule has 1 rings (SSSR count). The van der Waals surface area contributed by atoms with Gasteiger partial charge >= 0.3 is 0 Å². The van der Waals surface area contributed by atoms with Crippen molar-refractivity contribution in [3.63, 3.8) is 0 Å². The molecular formula is C4H4OS. The Bertz CT molecular complexity index is 84.1. The zero-order valence-electron chi connectivity index (χ0n) is 3.23. The molecule has 0 aromatic rings. The van der Waals surface area contributed by atoms with Gasteiger partial charge in [-0.05, 0) is 4.91 Å². The van der Waals surface area contributed by atoms with Gasteiger partial charge in [-0.1, -0.05) is 18.3 Å². The molecule has 1 nitrogen and oxygen atoms in total. The van der Waals surface area contributed by atoms with Crippen molar-refractivity contribution < 1.29 is 4.79 Å². The number of carbonyl (C=O) groups excluding carboxylic acids is 1. The smallest absolute Gasteiger partial charge is 0.198 e. The van der Waals surface area contributed by atoms with Crippen molar-refractivity contribution >= 4 is 16.9 Å². The Labute approximate surface area is 40.4 Å². The van der Waals surface area contributed by atoms with Crippen molar-refractivity contribution in [3.05, 3.63) is 11.5 Å². The lowest BCUT2D eigenvalue weighted by molar-refractivity contribution is -0.111. The quantitative estimate of drug-likeness (QED) is 0.454. The molecule has 0 aliphatic carbocycles. The Morgan fingerprint density at radius 2 is 2.33 bits per heavy atom. The maximum atomic E-state index is 10.0. The minimum atomic E-state index is 0.250. The van der Waals surface area contributed by atoms with Gasteiger partial charge in [0, 0.05) is 6.42 Å². The van der Waals surface area contributed by atoms with Gasteiger partial charge in [-0.3, -0.25) is 4.79 Å². The van der Waals surface area contributed by atoms with Crippen LogP contribution in [0.3, 0.4) is 0 Å². The Balaban J connectivity index is 2.47. The second-order valence-electron chi connectivity index (χ2n) is 1.19. The summed E-state index contributed by atoms with van der Waals surface area (Å²) in [4.78, 5) is 11.0. The summed E-state index contributed by atoms with van der Waals surface area (Å²) in [6.45, 7) is 3.55. The molecule has 0 saturated carbocycles. The van der Waals surface area contributed by atoms with E-state index in [1.54, 1.807) is 0 Å². The molecule has 1 saturated heterocycles. The van der Waals surface area contributed by atoms with Crippen molar-refractivity contribution in [2.75, 3.05) is 0 Å². The lowest BCUT2D eigenvalue weighted by atomic mass is 10.4. The van der Waals surface area contributed by atoms with Gasteiger partial charge in [0.05, 0.1) is 0 Å². The first-order chi connectivity index (χ1) is 2.79. The van der Waals surface area contributed by atoms with E-state index in [9.17, 15) is 4.79 Å². The molecule has 0 spiro atoms. The first-order valence-corrected chi connectivity index (χ1v) is 2.49. The third-order valence-corrected chi connectivity index (χ3v) is 1.40. The zero-order valence-corrected chi connectivity index (χ0v) is 4.05. The highest BCUT2D eigenvalue weighted by Crippen LogP contribution is 2.31. The van der Waals surface area contributed by atoms with Crippen LogP contribution in [0.1, 0.15) is 6.42 Å². The molecule has 0 amide bonds. The largest absolute Gasteiger partial charge is 0.286 e. The van der Waals surface area contributed by atoms with Gasteiger partial charge in [-0.2, -0.15) is 0 Å². The minimum absolute atomic E-state index is 0.250. The monoisotopic (exact) mass is 100.0 g/mol. The zero-order chi connectivity index (χ0) is 4.57. The van der Waals surface area contributed by atoms with E-state index < -0.39 is 0 Å². The number of hydrogen-bond acceptors (Lipinski definition) is 2. The van der Waals surface area contributed by atoms with Gasteiger partial charge in [0.2, 0.25) is 0 Å². The molecule has 0 bridgehead atoms. The highest BCUT2D eigenvalue weighted by Gasteiger charge is 2.16. The van der Waals surface area contributed by atoms with Gasteiger partial charge < -0.3 is 0 Å². The van der Waals surface area contributed by atoms with Crippen LogP contribution in [-0.2, 0) is 4.79 Å². The first kappa shape index (κ1) is 3.93. The maximum Gasteiger partial charge on any atom is 0.198 e. The maximum absolute atomic E-state index is 10.0. The Morgan fingerprint density at radius 3 is 2.33 bits per heavy atom. The van der Waals surface area contributed by atoms with Crippen LogP contribution in [-0.4, -0.2) is 5.12 Å². The SMILES string of the molecule is C=C1CC(=O)S1. The van der Waals surface area contributed by atoms with Gasteiger partial charge in [0.25, 0.3) is 0 Å². The van der Waals surface area contributed by atoms with Crippen LogP contribution < -0.4 is 0 Å². The topological polar surface area (TPSA) is 17.1 Å². The van der Waals surface area contributed by atoms with Gasteiger partial charge in [0.1, 0.15) is 0 Å². The summed E-state index contributed by atoms with van der Waals surface area (Å²) in [6.07, 6.45) is 0.602. The molecule has 2 heteroatoms. The highest BCUT2D eigenvalue weighted by molar-refractivity contribution is 8.19. The first-order valence-electron chi connectivity index (χ1n) is 1.67. The molecular weight excluding hydrogens is 96.1 g/mol. The third kappa shape index (κ3) is 0.476. The summed E-state index contributed by atoms with van der Waals surface area (Å²) in [7, 11) is 0. The van der Waals surface area contributed by atoms with Crippen LogP contribution in [0.2, 0.25) is 0 Å². The molecule has 1 fully saturated rings. The minimum Gasteiger partial charge on any atom is -0.286 e. The lowest BCUT2D eigenvalue weighted by Crippen LogP contribution is -2.02. The van der Waals surface area contributed by atoms with E-state index in [1.165, 1.54) is 11.8 Å². The molecule has 0 aromatic carbocycles. The lowest BCUT2D eigenvalue weighted by Gasteiger charge is -2.09. The average molecular weight is 100 g/mol. The average Bonchev–Trinajstić information content (AvgIpc) is 1.33. The van der Waals surface area contributed by atoms with Gasteiger partial charge in [-0.15, -0.1) is 0 Å². The number of rotatable bonds is 0. The van der Waals surface area contributed by atoms with E-state index in [0.29, 0.717) is 6.42 Å². The molecule has 1 aliphatic heterocycles. The normalized spacial score (nSPS) is 20.7. The molecule has 0 aromatic heterocycles. The van der Waals surface area contributed by atoms with Gasteiger partial charge in [-0.25, -0.2) is 0 Å². The molecule has 6 heavy (non-hydrogen) atoms. The molecule has 0 atom stereocenters. The summed E-state index contributed by atoms with van der Waals surface area (Å²) >= 11 is 1.25. The van der Waals surface area contributed by atoms with Crippen molar-refractivity contribution in [1.29, 1.82) is 0 Å². The van der Waals surface area contributed by atoms with Crippen LogP contribution >= 0.6 is 11.8 Å². The van der Waals surface area contributed by atoms with E-state index in [-0.39, 0.29) is 5.12 Å².